The van der Waals surface area contributed by atoms with Gasteiger partial charge in [0.25, 0.3) is 0 Å². The Morgan fingerprint density at radius 2 is 1.89 bits per heavy atom. The van der Waals surface area contributed by atoms with Gasteiger partial charge in [-0.05, 0) is 13.0 Å². The lowest BCUT2D eigenvalue weighted by Gasteiger charge is -2.14. The van der Waals surface area contributed by atoms with Crippen molar-refractivity contribution in [3.8, 4) is 0 Å². The van der Waals surface area contributed by atoms with Gasteiger partial charge in [-0.15, -0.1) is 0 Å². The Labute approximate surface area is 107 Å². The molecule has 0 saturated carbocycles. The zero-order valence-corrected chi connectivity index (χ0v) is 10.6. The Bertz CT molecular complexity index is 361. The van der Waals surface area contributed by atoms with E-state index in [4.69, 9.17) is 0 Å². The van der Waals surface area contributed by atoms with Gasteiger partial charge in [-0.25, -0.2) is 9.97 Å². The van der Waals surface area contributed by atoms with E-state index >= 15 is 0 Å². The van der Waals surface area contributed by atoms with Gasteiger partial charge in [-0.3, -0.25) is 0 Å². The first kappa shape index (κ1) is 13.2. The number of β-amino-alcohol motifs (C(OH)–C–C–N with tert-alkyl or cyclic N) is 2. The summed E-state index contributed by atoms with van der Waals surface area (Å²) in [6, 6.07) is 0. The maximum absolute atomic E-state index is 9.47. The fourth-order valence-electron chi connectivity index (χ4n) is 1.94. The molecule has 1 aromatic heterocycles. The number of rotatable bonds is 5. The minimum Gasteiger partial charge on any atom is -0.388 e. The van der Waals surface area contributed by atoms with Gasteiger partial charge in [0.05, 0.1) is 12.2 Å². The average Bonchev–Trinajstić information content (AvgIpc) is 2.71. The molecule has 100 valence electrons. The molecule has 6 heteroatoms. The van der Waals surface area contributed by atoms with Crippen molar-refractivity contribution in [2.24, 2.45) is 0 Å². The largest absolute Gasteiger partial charge is 0.388 e. The van der Waals surface area contributed by atoms with E-state index in [-0.39, 0.29) is 0 Å². The van der Waals surface area contributed by atoms with Crippen molar-refractivity contribution in [2.75, 3.05) is 24.5 Å². The van der Waals surface area contributed by atoms with Crippen molar-refractivity contribution in [2.45, 2.75) is 32.1 Å². The van der Waals surface area contributed by atoms with Gasteiger partial charge in [0.15, 0.2) is 0 Å². The van der Waals surface area contributed by atoms with Crippen molar-refractivity contribution < 1.29 is 10.2 Å². The SMILES string of the molecule is CCCNCc1cnc(N2CC(O)C(O)C2)nc1. The number of aliphatic hydroxyl groups is 2. The van der Waals surface area contributed by atoms with Gasteiger partial charge in [0, 0.05) is 37.6 Å². The summed E-state index contributed by atoms with van der Waals surface area (Å²) in [5.74, 6) is 0.560. The number of hydrogen-bond acceptors (Lipinski definition) is 6. The number of nitrogens with one attached hydrogen (secondary N) is 1. The maximum atomic E-state index is 9.47. The first-order valence-electron chi connectivity index (χ1n) is 6.33. The lowest BCUT2D eigenvalue weighted by atomic mass is 10.3. The van der Waals surface area contributed by atoms with Crippen LogP contribution in [0, 0.1) is 0 Å². The highest BCUT2D eigenvalue weighted by atomic mass is 16.3. The van der Waals surface area contributed by atoms with E-state index in [9.17, 15) is 10.2 Å². The van der Waals surface area contributed by atoms with Crippen LogP contribution in [0.25, 0.3) is 0 Å². The van der Waals surface area contributed by atoms with Crippen molar-refractivity contribution >= 4 is 5.95 Å². The van der Waals surface area contributed by atoms with Crippen molar-refractivity contribution in [3.05, 3.63) is 18.0 Å². The normalized spacial score (nSPS) is 23.6. The Morgan fingerprint density at radius 1 is 1.28 bits per heavy atom. The summed E-state index contributed by atoms with van der Waals surface area (Å²) in [5.41, 5.74) is 1.03. The molecular weight excluding hydrogens is 232 g/mol. The highest BCUT2D eigenvalue weighted by Crippen LogP contribution is 2.16. The molecule has 1 fully saturated rings. The Balaban J connectivity index is 1.91. The molecule has 2 rings (SSSR count). The number of nitrogens with zero attached hydrogens (tertiary/aromatic N) is 3. The number of hydrogen-bond donors (Lipinski definition) is 3. The summed E-state index contributed by atoms with van der Waals surface area (Å²) >= 11 is 0. The van der Waals surface area contributed by atoms with Gasteiger partial charge < -0.3 is 20.4 Å². The molecule has 0 amide bonds. The predicted molar refractivity (Wildman–Crippen MR) is 68.3 cm³/mol. The van der Waals surface area contributed by atoms with E-state index in [1.54, 1.807) is 17.3 Å². The molecule has 1 aromatic rings. The zero-order valence-electron chi connectivity index (χ0n) is 10.6. The molecule has 0 radical (unpaired) electrons. The maximum Gasteiger partial charge on any atom is 0.225 e. The summed E-state index contributed by atoms with van der Waals surface area (Å²) in [4.78, 5) is 10.3. The van der Waals surface area contributed by atoms with Gasteiger partial charge in [0.2, 0.25) is 5.95 Å². The highest BCUT2D eigenvalue weighted by molar-refractivity contribution is 5.33. The van der Waals surface area contributed by atoms with Gasteiger partial charge in [-0.2, -0.15) is 0 Å². The smallest absolute Gasteiger partial charge is 0.225 e. The van der Waals surface area contributed by atoms with Crippen LogP contribution in [0.15, 0.2) is 12.4 Å². The van der Waals surface area contributed by atoms with Gasteiger partial charge in [0.1, 0.15) is 0 Å². The first-order chi connectivity index (χ1) is 8.70. The van der Waals surface area contributed by atoms with Crippen LogP contribution in [-0.2, 0) is 6.54 Å². The molecule has 1 aliphatic rings. The third kappa shape index (κ3) is 3.16. The van der Waals surface area contributed by atoms with Crippen LogP contribution in [0.4, 0.5) is 5.95 Å². The molecule has 18 heavy (non-hydrogen) atoms. The Morgan fingerprint density at radius 3 is 2.44 bits per heavy atom. The average molecular weight is 252 g/mol. The molecule has 1 aliphatic heterocycles. The van der Waals surface area contributed by atoms with Crippen LogP contribution < -0.4 is 10.2 Å². The van der Waals surface area contributed by atoms with E-state index in [0.29, 0.717) is 19.0 Å². The van der Waals surface area contributed by atoms with E-state index in [1.165, 1.54) is 0 Å². The molecule has 1 saturated heterocycles. The quantitative estimate of drug-likeness (QED) is 0.614. The molecular formula is C12H20N4O2. The zero-order chi connectivity index (χ0) is 13.0. The van der Waals surface area contributed by atoms with Gasteiger partial charge >= 0.3 is 0 Å². The third-order valence-electron chi connectivity index (χ3n) is 2.99. The molecule has 0 aromatic carbocycles. The molecule has 3 N–H and O–H groups in total. The summed E-state index contributed by atoms with van der Waals surface area (Å²) in [5, 5.41) is 22.2. The molecule has 0 spiro atoms. The van der Waals surface area contributed by atoms with E-state index in [1.807, 2.05) is 0 Å². The number of anilines is 1. The van der Waals surface area contributed by atoms with E-state index in [0.717, 1.165) is 25.1 Å². The monoisotopic (exact) mass is 252 g/mol. The van der Waals surface area contributed by atoms with Crippen LogP contribution in [-0.4, -0.2) is 52.0 Å². The van der Waals surface area contributed by atoms with Crippen molar-refractivity contribution in [1.82, 2.24) is 15.3 Å². The van der Waals surface area contributed by atoms with E-state index in [2.05, 4.69) is 22.2 Å². The highest BCUT2D eigenvalue weighted by Gasteiger charge is 2.30. The van der Waals surface area contributed by atoms with Crippen LogP contribution >= 0.6 is 0 Å². The van der Waals surface area contributed by atoms with Crippen LogP contribution in [0.1, 0.15) is 18.9 Å². The fourth-order valence-corrected chi connectivity index (χ4v) is 1.94. The van der Waals surface area contributed by atoms with Crippen LogP contribution in [0.2, 0.25) is 0 Å². The molecule has 0 bridgehead atoms. The van der Waals surface area contributed by atoms with Crippen LogP contribution in [0.3, 0.4) is 0 Å². The standard InChI is InChI=1S/C12H20N4O2/c1-2-3-13-4-9-5-14-12(15-6-9)16-7-10(17)11(18)8-16/h5-6,10-11,13,17-18H,2-4,7-8H2,1H3. The third-order valence-corrected chi connectivity index (χ3v) is 2.99. The summed E-state index contributed by atoms with van der Waals surface area (Å²) in [7, 11) is 0. The second-order valence-electron chi connectivity index (χ2n) is 4.61. The van der Waals surface area contributed by atoms with Gasteiger partial charge in [-0.1, -0.05) is 6.92 Å². The molecule has 2 atom stereocenters. The second kappa shape index (κ2) is 6.08. The fraction of sp³-hybridized carbons (Fsp3) is 0.667. The van der Waals surface area contributed by atoms with Crippen molar-refractivity contribution in [3.63, 3.8) is 0 Å². The summed E-state index contributed by atoms with van der Waals surface area (Å²) in [6.07, 6.45) is 3.24. The summed E-state index contributed by atoms with van der Waals surface area (Å²) < 4.78 is 0. The lowest BCUT2D eigenvalue weighted by molar-refractivity contribution is 0.0572. The number of aromatic nitrogens is 2. The lowest BCUT2D eigenvalue weighted by Crippen LogP contribution is -2.23. The number of aliphatic hydroxyl groups excluding tert-OH is 2. The molecule has 6 nitrogen and oxygen atoms in total. The first-order valence-corrected chi connectivity index (χ1v) is 6.33. The molecule has 0 aliphatic carbocycles. The van der Waals surface area contributed by atoms with Crippen molar-refractivity contribution in [1.29, 1.82) is 0 Å². The predicted octanol–water partition coefficient (Wildman–Crippen LogP) is -0.482. The minimum absolute atomic E-state index is 0.384. The topological polar surface area (TPSA) is 81.5 Å². The van der Waals surface area contributed by atoms with E-state index < -0.39 is 12.2 Å². The Hall–Kier alpha value is -1.24. The summed E-state index contributed by atoms with van der Waals surface area (Å²) in [6.45, 7) is 4.63. The minimum atomic E-state index is -0.709. The Kier molecular flexibility index (Phi) is 4.46. The molecule has 2 unspecified atom stereocenters. The van der Waals surface area contributed by atoms with Crippen LogP contribution in [0.5, 0.6) is 0 Å². The molecule has 2 heterocycles. The second-order valence-corrected chi connectivity index (χ2v) is 4.61.